The van der Waals surface area contributed by atoms with Crippen molar-refractivity contribution < 1.29 is 13.0 Å². The van der Waals surface area contributed by atoms with Crippen molar-refractivity contribution in [1.29, 1.82) is 0 Å². The monoisotopic (exact) mass is 342 g/mol. The van der Waals surface area contributed by atoms with E-state index in [1.165, 1.54) is 62.3 Å². The second-order valence-electron chi connectivity index (χ2n) is 6.75. The predicted octanol–water partition coefficient (Wildman–Crippen LogP) is 4.12. The number of hydrogen-bond acceptors (Lipinski definition) is 2. The zero-order valence-electron chi connectivity index (χ0n) is 14.1. The normalized spacial score (nSPS) is 13.1. The minimum absolute atomic E-state index is 0.0235. The largest absolute Gasteiger partial charge is 0.294 e. The summed E-state index contributed by atoms with van der Waals surface area (Å²) in [6.07, 6.45) is 8.02. The summed E-state index contributed by atoms with van der Waals surface area (Å²) in [6, 6.07) is 8.03. The summed E-state index contributed by atoms with van der Waals surface area (Å²) >= 11 is 0. The van der Waals surface area contributed by atoms with E-state index in [1.54, 1.807) is 0 Å². The zero-order chi connectivity index (χ0) is 16.6. The van der Waals surface area contributed by atoms with Crippen LogP contribution in [-0.4, -0.2) is 22.5 Å². The fourth-order valence-electron chi connectivity index (χ4n) is 2.75. The molecule has 1 aromatic carbocycles. The second kappa shape index (κ2) is 8.84. The van der Waals surface area contributed by atoms with Gasteiger partial charge in [-0.2, -0.15) is 8.42 Å². The van der Waals surface area contributed by atoms with Crippen LogP contribution in [0.4, 0.5) is 0 Å². The summed E-state index contributed by atoms with van der Waals surface area (Å²) in [5.41, 5.74) is 1.18. The smallest absolute Gasteiger partial charge is 0.282 e. The van der Waals surface area contributed by atoms with E-state index in [1.807, 2.05) is 12.1 Å². The molecule has 0 radical (unpaired) electrons. The summed E-state index contributed by atoms with van der Waals surface area (Å²) < 4.78 is 31.2. The Morgan fingerprint density at radius 1 is 1.00 bits per heavy atom. The first-order chi connectivity index (χ1) is 10.3. The molecule has 0 bridgehead atoms. The summed E-state index contributed by atoms with van der Waals surface area (Å²) in [6.45, 7) is 6.74. The molecule has 0 aliphatic carbocycles. The average molecular weight is 343 g/mol. The van der Waals surface area contributed by atoms with E-state index in [0.29, 0.717) is 0 Å². The van der Waals surface area contributed by atoms with Crippen molar-refractivity contribution in [3.8, 4) is 0 Å². The Morgan fingerprint density at radius 2 is 1.55 bits per heavy atom. The first-order valence-electron chi connectivity index (χ1n) is 8.35. The molecule has 1 aromatic rings. The van der Waals surface area contributed by atoms with E-state index >= 15 is 0 Å². The minimum Gasteiger partial charge on any atom is -0.282 e. The number of hydrogen-bond donors (Lipinski definition) is 1. The van der Waals surface area contributed by atoms with Crippen LogP contribution in [0, 0.1) is 0 Å². The first-order valence-corrected chi connectivity index (χ1v) is 11.5. The van der Waals surface area contributed by atoms with Gasteiger partial charge in [-0.3, -0.25) is 4.55 Å². The van der Waals surface area contributed by atoms with Gasteiger partial charge >= 0.3 is 0 Å². The van der Waals surface area contributed by atoms with E-state index in [4.69, 9.17) is 4.55 Å². The van der Waals surface area contributed by atoms with Gasteiger partial charge in [0.05, 0.1) is 4.90 Å². The molecule has 22 heavy (non-hydrogen) atoms. The Bertz CT molecular complexity index is 536. The highest BCUT2D eigenvalue weighted by molar-refractivity contribution is 7.85. The van der Waals surface area contributed by atoms with Crippen LogP contribution < -0.4 is 0 Å². The third-order valence-electron chi connectivity index (χ3n) is 4.34. The van der Waals surface area contributed by atoms with Crippen LogP contribution in [-0.2, 0) is 15.2 Å². The fraction of sp³-hybridized carbons (Fsp3) is 0.647. The van der Waals surface area contributed by atoms with Crippen molar-refractivity contribution in [3.05, 3.63) is 29.8 Å². The molecule has 5 heteroatoms. The molecule has 0 aliphatic heterocycles. The van der Waals surface area contributed by atoms with Gasteiger partial charge in [0, 0.05) is 9.52 Å². The molecule has 0 saturated carbocycles. The van der Waals surface area contributed by atoms with Crippen LogP contribution >= 0.6 is 0 Å². The van der Waals surface area contributed by atoms with E-state index < -0.39 is 10.1 Å². The van der Waals surface area contributed by atoms with Gasteiger partial charge in [-0.1, -0.05) is 77.5 Å². The average Bonchev–Trinajstić information content (AvgIpc) is 2.45. The maximum Gasteiger partial charge on any atom is 0.294 e. The molecular weight excluding hydrogens is 312 g/mol. The molecule has 0 unspecified atom stereocenters. The number of rotatable bonds is 10. The van der Waals surface area contributed by atoms with Gasteiger partial charge in [-0.15, -0.1) is 0 Å². The Balaban J connectivity index is 2.45. The van der Waals surface area contributed by atoms with Crippen LogP contribution in [0.15, 0.2) is 29.2 Å². The van der Waals surface area contributed by atoms with Gasteiger partial charge in [0.2, 0.25) is 0 Å². The molecule has 126 valence electrons. The summed E-state index contributed by atoms with van der Waals surface area (Å²) in [5.74, 6) is 0. The lowest BCUT2D eigenvalue weighted by molar-refractivity contribution is 0.483. The molecule has 1 rings (SSSR count). The van der Waals surface area contributed by atoms with Gasteiger partial charge in [-0.05, 0) is 22.7 Å². The van der Waals surface area contributed by atoms with Gasteiger partial charge in [0.25, 0.3) is 10.1 Å². The lowest BCUT2D eigenvalue weighted by Crippen LogP contribution is -2.25. The van der Waals surface area contributed by atoms with E-state index in [0.717, 1.165) is 0 Å². The predicted molar refractivity (Wildman–Crippen MR) is 96.0 cm³/mol. The lowest BCUT2D eigenvalue weighted by atomic mass is 10.0. The summed E-state index contributed by atoms with van der Waals surface area (Å²) in [5, 5.41) is 0.168. The molecular formula is C17H30O3SSi. The summed E-state index contributed by atoms with van der Waals surface area (Å²) in [4.78, 5) is -0.0235. The van der Waals surface area contributed by atoms with Crippen LogP contribution in [0.3, 0.4) is 0 Å². The van der Waals surface area contributed by atoms with Crippen LogP contribution in [0.1, 0.15) is 64.9 Å². The topological polar surface area (TPSA) is 54.4 Å². The maximum absolute atomic E-state index is 11.1. The quantitative estimate of drug-likeness (QED) is 0.395. The van der Waals surface area contributed by atoms with Crippen LogP contribution in [0.5, 0.6) is 0 Å². The number of unbranched alkanes of at least 4 members (excludes halogenated alkanes) is 5. The standard InChI is InChI=1S/C17H30O3SSi/c1-4-5-6-7-8-9-14-22-17(2,3)15-10-12-16(13-11-15)21(18,19)20/h10-13H,4-9,14,22H2,1-3H3,(H,18,19,20). The van der Waals surface area contributed by atoms with Crippen molar-refractivity contribution in [2.75, 3.05) is 0 Å². The molecule has 0 aliphatic rings. The third-order valence-corrected chi connectivity index (χ3v) is 7.72. The van der Waals surface area contributed by atoms with Gasteiger partial charge < -0.3 is 0 Å². The molecule has 0 atom stereocenters. The van der Waals surface area contributed by atoms with Gasteiger partial charge in [0.15, 0.2) is 0 Å². The minimum atomic E-state index is -4.09. The highest BCUT2D eigenvalue weighted by Gasteiger charge is 2.21. The van der Waals surface area contributed by atoms with Crippen LogP contribution in [0.2, 0.25) is 6.04 Å². The lowest BCUT2D eigenvalue weighted by Gasteiger charge is -2.25. The second-order valence-corrected chi connectivity index (χ2v) is 11.2. The van der Waals surface area contributed by atoms with Gasteiger partial charge in [-0.25, -0.2) is 0 Å². The molecule has 3 nitrogen and oxygen atoms in total. The Hall–Kier alpha value is -0.653. The van der Waals surface area contributed by atoms with Crippen molar-refractivity contribution in [1.82, 2.24) is 0 Å². The van der Waals surface area contributed by atoms with E-state index in [2.05, 4.69) is 20.8 Å². The molecule has 1 N–H and O–H groups in total. The Labute approximate surface area is 138 Å². The highest BCUT2D eigenvalue weighted by Crippen LogP contribution is 2.25. The van der Waals surface area contributed by atoms with E-state index in [9.17, 15) is 8.42 Å². The highest BCUT2D eigenvalue weighted by atomic mass is 32.2. The Kier molecular flexibility index (Phi) is 7.80. The molecule has 0 amide bonds. The molecule has 0 aromatic heterocycles. The first kappa shape index (κ1) is 19.4. The molecule has 0 saturated heterocycles. The van der Waals surface area contributed by atoms with Crippen molar-refractivity contribution >= 4 is 19.6 Å². The third kappa shape index (κ3) is 6.63. The maximum atomic E-state index is 11.1. The van der Waals surface area contributed by atoms with E-state index in [-0.39, 0.29) is 19.5 Å². The fourth-order valence-corrected chi connectivity index (χ4v) is 5.24. The zero-order valence-corrected chi connectivity index (χ0v) is 16.4. The summed E-state index contributed by atoms with van der Waals surface area (Å²) in [7, 11) is -4.34. The Morgan fingerprint density at radius 3 is 2.09 bits per heavy atom. The number of benzene rings is 1. The van der Waals surface area contributed by atoms with Crippen LogP contribution in [0.25, 0.3) is 0 Å². The molecule has 0 heterocycles. The van der Waals surface area contributed by atoms with Gasteiger partial charge in [0.1, 0.15) is 0 Å². The SMILES string of the molecule is CCCCCCCC[SiH2]C(C)(C)c1ccc(S(=O)(=O)O)cc1. The van der Waals surface area contributed by atoms with Crippen molar-refractivity contribution in [3.63, 3.8) is 0 Å². The molecule has 0 fully saturated rings. The van der Waals surface area contributed by atoms with Crippen molar-refractivity contribution in [2.24, 2.45) is 0 Å². The molecule has 0 spiro atoms. The van der Waals surface area contributed by atoms with Crippen molar-refractivity contribution in [2.45, 2.75) is 75.3 Å².